The first-order chi connectivity index (χ1) is 9.01. The van der Waals surface area contributed by atoms with Crippen LogP contribution in [0.15, 0.2) is 24.3 Å². The van der Waals surface area contributed by atoms with E-state index in [4.69, 9.17) is 9.84 Å². The molecule has 108 valence electrons. The lowest BCUT2D eigenvalue weighted by atomic mass is 10.1. The fourth-order valence-electron chi connectivity index (χ4n) is 1.65. The first-order valence-electron chi connectivity index (χ1n) is 7.09. The van der Waals surface area contributed by atoms with Crippen LogP contribution in [0.5, 0.6) is 5.75 Å². The van der Waals surface area contributed by atoms with Gasteiger partial charge in [0.25, 0.3) is 0 Å². The van der Waals surface area contributed by atoms with Gasteiger partial charge in [-0.1, -0.05) is 12.1 Å². The summed E-state index contributed by atoms with van der Waals surface area (Å²) in [4.78, 5) is 0. The van der Waals surface area contributed by atoms with E-state index >= 15 is 0 Å². The number of unbranched alkanes of at least 4 members (excludes halogenated alkanes) is 2. The van der Waals surface area contributed by atoms with E-state index in [0.717, 1.165) is 38.2 Å². The van der Waals surface area contributed by atoms with Gasteiger partial charge in [-0.25, -0.2) is 0 Å². The summed E-state index contributed by atoms with van der Waals surface area (Å²) >= 11 is 0. The molecule has 0 saturated carbocycles. The number of aliphatic hydroxyl groups excluding tert-OH is 1. The number of hydrogen-bond acceptors (Lipinski definition) is 3. The molecule has 0 amide bonds. The molecule has 0 heterocycles. The topological polar surface area (TPSA) is 41.5 Å². The minimum atomic E-state index is 0.141. The van der Waals surface area contributed by atoms with Crippen LogP contribution in [0.1, 0.15) is 45.6 Å². The molecule has 1 aromatic carbocycles. The Morgan fingerprint density at radius 1 is 1.05 bits per heavy atom. The number of hydrogen-bond donors (Lipinski definition) is 2. The van der Waals surface area contributed by atoms with Crippen molar-refractivity contribution in [3.05, 3.63) is 29.8 Å². The SMILES string of the molecule is CC(C)(C)NCc1ccc(OCCCCCO)cc1. The quantitative estimate of drug-likeness (QED) is 0.710. The summed E-state index contributed by atoms with van der Waals surface area (Å²) < 4.78 is 5.65. The van der Waals surface area contributed by atoms with Crippen molar-refractivity contribution in [3.63, 3.8) is 0 Å². The highest BCUT2D eigenvalue weighted by Crippen LogP contribution is 2.13. The van der Waals surface area contributed by atoms with Gasteiger partial charge in [-0.2, -0.15) is 0 Å². The normalized spacial score (nSPS) is 11.6. The van der Waals surface area contributed by atoms with E-state index in [1.807, 2.05) is 12.1 Å². The zero-order valence-electron chi connectivity index (χ0n) is 12.4. The van der Waals surface area contributed by atoms with Gasteiger partial charge in [0, 0.05) is 18.7 Å². The van der Waals surface area contributed by atoms with E-state index in [1.165, 1.54) is 5.56 Å². The Bertz CT molecular complexity index is 341. The van der Waals surface area contributed by atoms with Crippen molar-refractivity contribution in [2.75, 3.05) is 13.2 Å². The van der Waals surface area contributed by atoms with Crippen molar-refractivity contribution in [3.8, 4) is 5.75 Å². The Labute approximate surface area is 117 Å². The van der Waals surface area contributed by atoms with Crippen molar-refractivity contribution >= 4 is 0 Å². The Morgan fingerprint density at radius 2 is 1.74 bits per heavy atom. The van der Waals surface area contributed by atoms with Crippen LogP contribution >= 0.6 is 0 Å². The van der Waals surface area contributed by atoms with Crippen LogP contribution in [-0.2, 0) is 6.54 Å². The fourth-order valence-corrected chi connectivity index (χ4v) is 1.65. The van der Waals surface area contributed by atoms with E-state index in [1.54, 1.807) is 0 Å². The molecule has 0 bridgehead atoms. The number of benzene rings is 1. The lowest BCUT2D eigenvalue weighted by molar-refractivity contribution is 0.266. The minimum Gasteiger partial charge on any atom is -0.494 e. The van der Waals surface area contributed by atoms with E-state index in [9.17, 15) is 0 Å². The molecular formula is C16H27NO2. The third-order valence-corrected chi connectivity index (χ3v) is 2.82. The summed E-state index contributed by atoms with van der Waals surface area (Å²) in [5.74, 6) is 0.920. The van der Waals surface area contributed by atoms with Gasteiger partial charge < -0.3 is 15.2 Å². The largest absolute Gasteiger partial charge is 0.494 e. The molecule has 0 fully saturated rings. The summed E-state index contributed by atoms with van der Waals surface area (Å²) in [6.45, 7) is 8.36. The molecule has 2 N–H and O–H groups in total. The molecule has 0 aliphatic rings. The van der Waals surface area contributed by atoms with Gasteiger partial charge >= 0.3 is 0 Å². The van der Waals surface area contributed by atoms with Gasteiger partial charge in [0.15, 0.2) is 0 Å². The lowest BCUT2D eigenvalue weighted by Gasteiger charge is -2.20. The van der Waals surface area contributed by atoms with Crippen LogP contribution in [0.2, 0.25) is 0 Å². The molecule has 0 spiro atoms. The molecular weight excluding hydrogens is 238 g/mol. The van der Waals surface area contributed by atoms with Crippen LogP contribution in [0.3, 0.4) is 0 Å². The molecule has 0 atom stereocenters. The van der Waals surface area contributed by atoms with Crippen LogP contribution in [0, 0.1) is 0 Å². The molecule has 0 aromatic heterocycles. The molecule has 3 nitrogen and oxygen atoms in total. The fraction of sp³-hybridized carbons (Fsp3) is 0.625. The highest BCUT2D eigenvalue weighted by Gasteiger charge is 2.08. The zero-order chi connectivity index (χ0) is 14.1. The number of rotatable bonds is 8. The maximum Gasteiger partial charge on any atom is 0.119 e. The van der Waals surface area contributed by atoms with Crippen LogP contribution in [-0.4, -0.2) is 23.9 Å². The maximum absolute atomic E-state index is 8.67. The Hall–Kier alpha value is -1.06. The maximum atomic E-state index is 8.67. The molecule has 1 aromatic rings. The van der Waals surface area contributed by atoms with Crippen LogP contribution in [0.25, 0.3) is 0 Å². The predicted molar refractivity (Wildman–Crippen MR) is 79.5 cm³/mol. The molecule has 0 aliphatic carbocycles. The van der Waals surface area contributed by atoms with Crippen LogP contribution < -0.4 is 10.1 Å². The molecule has 1 rings (SSSR count). The van der Waals surface area contributed by atoms with E-state index in [-0.39, 0.29) is 12.1 Å². The van der Waals surface area contributed by atoms with Gasteiger partial charge in [0.2, 0.25) is 0 Å². The standard InChI is InChI=1S/C16H27NO2/c1-16(2,3)17-13-14-7-9-15(10-8-14)19-12-6-4-5-11-18/h7-10,17-18H,4-6,11-13H2,1-3H3. The van der Waals surface area contributed by atoms with Crippen molar-refractivity contribution in [1.29, 1.82) is 0 Å². The van der Waals surface area contributed by atoms with Gasteiger partial charge in [-0.15, -0.1) is 0 Å². The summed E-state index contributed by atoms with van der Waals surface area (Å²) in [7, 11) is 0. The Morgan fingerprint density at radius 3 is 2.32 bits per heavy atom. The van der Waals surface area contributed by atoms with Gasteiger partial charge in [0.05, 0.1) is 6.61 Å². The van der Waals surface area contributed by atoms with Gasteiger partial charge in [-0.05, 0) is 57.7 Å². The second kappa shape index (κ2) is 8.18. The molecule has 0 aliphatic heterocycles. The second-order valence-corrected chi connectivity index (χ2v) is 5.88. The van der Waals surface area contributed by atoms with Gasteiger partial charge in [-0.3, -0.25) is 0 Å². The minimum absolute atomic E-state index is 0.141. The smallest absolute Gasteiger partial charge is 0.119 e. The number of aliphatic hydroxyl groups is 1. The van der Waals surface area contributed by atoms with Crippen molar-refractivity contribution in [2.45, 2.75) is 52.1 Å². The molecule has 0 saturated heterocycles. The third kappa shape index (κ3) is 7.85. The second-order valence-electron chi connectivity index (χ2n) is 5.88. The predicted octanol–water partition coefficient (Wildman–Crippen LogP) is 3.12. The van der Waals surface area contributed by atoms with Crippen molar-refractivity contribution < 1.29 is 9.84 Å². The Balaban J connectivity index is 2.27. The van der Waals surface area contributed by atoms with Crippen molar-refractivity contribution in [1.82, 2.24) is 5.32 Å². The third-order valence-electron chi connectivity index (χ3n) is 2.82. The molecule has 0 radical (unpaired) electrons. The summed E-state index contributed by atoms with van der Waals surface area (Å²) in [6.07, 6.45) is 2.87. The molecule has 19 heavy (non-hydrogen) atoms. The highest BCUT2D eigenvalue weighted by molar-refractivity contribution is 5.27. The zero-order valence-corrected chi connectivity index (χ0v) is 12.4. The van der Waals surface area contributed by atoms with E-state index < -0.39 is 0 Å². The number of nitrogens with one attached hydrogen (secondary N) is 1. The summed E-state index contributed by atoms with van der Waals surface area (Å²) in [5.41, 5.74) is 1.41. The van der Waals surface area contributed by atoms with Crippen LogP contribution in [0.4, 0.5) is 0 Å². The average molecular weight is 265 g/mol. The first kappa shape index (κ1) is 16.0. The van der Waals surface area contributed by atoms with E-state index in [2.05, 4.69) is 38.2 Å². The van der Waals surface area contributed by atoms with E-state index in [0.29, 0.717) is 0 Å². The molecule has 0 unspecified atom stereocenters. The van der Waals surface area contributed by atoms with Crippen molar-refractivity contribution in [2.24, 2.45) is 0 Å². The first-order valence-corrected chi connectivity index (χ1v) is 7.09. The summed E-state index contributed by atoms with van der Waals surface area (Å²) in [6, 6.07) is 8.24. The average Bonchev–Trinajstić information content (AvgIpc) is 2.37. The monoisotopic (exact) mass is 265 g/mol. The number of ether oxygens (including phenoxy) is 1. The molecule has 3 heteroatoms. The Kier molecular flexibility index (Phi) is 6.89. The summed E-state index contributed by atoms with van der Waals surface area (Å²) in [5, 5.41) is 12.1. The lowest BCUT2D eigenvalue weighted by Crippen LogP contribution is -2.35. The highest BCUT2D eigenvalue weighted by atomic mass is 16.5. The van der Waals surface area contributed by atoms with Gasteiger partial charge in [0.1, 0.15) is 5.75 Å².